The monoisotopic (exact) mass is 366 g/mol. The van der Waals surface area contributed by atoms with Crippen molar-refractivity contribution in [3.05, 3.63) is 59.1 Å². The van der Waals surface area contributed by atoms with Gasteiger partial charge in [-0.15, -0.1) is 0 Å². The minimum atomic E-state index is 0. The number of amides is 1. The summed E-state index contributed by atoms with van der Waals surface area (Å²) in [7, 11) is 1.67. The third kappa shape index (κ3) is 4.20. The van der Waals surface area contributed by atoms with Gasteiger partial charge in [0.05, 0.1) is 33.3 Å². The number of halogens is 2. The van der Waals surface area contributed by atoms with Crippen molar-refractivity contribution >= 4 is 23.2 Å². The number of hydrogen-bond donors (Lipinski definition) is 1. The van der Waals surface area contributed by atoms with E-state index in [0.717, 1.165) is 31.9 Å². The van der Waals surface area contributed by atoms with Crippen LogP contribution in [0.15, 0.2) is 48.5 Å². The average Bonchev–Trinajstić information content (AvgIpc) is 2.62. The molecule has 0 aromatic heterocycles. The van der Waals surface area contributed by atoms with E-state index >= 15 is 0 Å². The molecule has 0 spiro atoms. The molecule has 2 aromatic rings. The fourth-order valence-electron chi connectivity index (χ4n) is 2.87. The van der Waals surface area contributed by atoms with Crippen molar-refractivity contribution in [1.29, 1.82) is 0 Å². The van der Waals surface area contributed by atoms with Crippen molar-refractivity contribution in [3.63, 3.8) is 0 Å². The molecule has 1 amide bonds. The fraction of sp³-hybridized carbons (Fsp3) is 0.278. The van der Waals surface area contributed by atoms with Gasteiger partial charge in [-0.3, -0.25) is 9.69 Å². The summed E-state index contributed by atoms with van der Waals surface area (Å²) in [6, 6.07) is 15.2. The number of piperazine rings is 1. The summed E-state index contributed by atoms with van der Waals surface area (Å²) in [5, 5.41) is 0.648. The number of methoxy groups -OCH3 is 1. The van der Waals surface area contributed by atoms with Crippen LogP contribution in [-0.2, 0) is 0 Å². The predicted molar refractivity (Wildman–Crippen MR) is 90.7 cm³/mol. The molecule has 1 aliphatic rings. The van der Waals surface area contributed by atoms with Crippen LogP contribution in [-0.4, -0.2) is 44.1 Å². The second kappa shape index (κ2) is 8.38. The lowest BCUT2D eigenvalue weighted by Crippen LogP contribution is -3.10. The van der Waals surface area contributed by atoms with E-state index in [0.29, 0.717) is 10.6 Å². The maximum Gasteiger partial charge on any atom is 0.254 e. The van der Waals surface area contributed by atoms with Gasteiger partial charge in [-0.1, -0.05) is 11.6 Å². The summed E-state index contributed by atoms with van der Waals surface area (Å²) in [6.07, 6.45) is 0. The smallest absolute Gasteiger partial charge is 0.254 e. The van der Waals surface area contributed by atoms with Crippen LogP contribution in [0.3, 0.4) is 0 Å². The van der Waals surface area contributed by atoms with Gasteiger partial charge in [-0.2, -0.15) is 0 Å². The lowest BCUT2D eigenvalue weighted by molar-refractivity contribution is -0.837. The van der Waals surface area contributed by atoms with Gasteiger partial charge in [0.2, 0.25) is 0 Å². The molecule has 3 rings (SSSR count). The lowest BCUT2D eigenvalue weighted by atomic mass is 10.1. The Morgan fingerprint density at radius 2 is 1.62 bits per heavy atom. The van der Waals surface area contributed by atoms with E-state index in [4.69, 9.17) is 16.3 Å². The van der Waals surface area contributed by atoms with Gasteiger partial charge in [0, 0.05) is 22.7 Å². The first-order valence-electron chi connectivity index (χ1n) is 7.71. The SMILES string of the molecule is COc1ccc([NH+]2CCN(C(=O)c3ccc(Cl)cc3)CC2)cc1.[Cl-]. The van der Waals surface area contributed by atoms with Crippen LogP contribution in [0.5, 0.6) is 5.75 Å². The highest BCUT2D eigenvalue weighted by atomic mass is 35.5. The van der Waals surface area contributed by atoms with Gasteiger partial charge in [-0.25, -0.2) is 0 Å². The van der Waals surface area contributed by atoms with E-state index in [2.05, 4.69) is 12.1 Å². The van der Waals surface area contributed by atoms with Crippen molar-refractivity contribution in [1.82, 2.24) is 4.90 Å². The Labute approximate surface area is 153 Å². The van der Waals surface area contributed by atoms with Crippen LogP contribution >= 0.6 is 11.6 Å². The predicted octanol–water partition coefficient (Wildman–Crippen LogP) is -0.975. The summed E-state index contributed by atoms with van der Waals surface area (Å²) in [5.74, 6) is 0.945. The molecule has 1 heterocycles. The molecular formula is C18H20Cl2N2O2. The normalized spacial score (nSPS) is 14.8. The summed E-state index contributed by atoms with van der Waals surface area (Å²) >= 11 is 5.87. The number of quaternary nitrogens is 1. The first-order chi connectivity index (χ1) is 11.2. The first-order valence-corrected chi connectivity index (χ1v) is 8.09. The first kappa shape index (κ1) is 18.6. The van der Waals surface area contributed by atoms with Gasteiger partial charge in [0.25, 0.3) is 5.91 Å². The summed E-state index contributed by atoms with van der Waals surface area (Å²) in [4.78, 5) is 15.8. The Bertz CT molecular complexity index is 666. The van der Waals surface area contributed by atoms with E-state index < -0.39 is 0 Å². The molecule has 0 unspecified atom stereocenters. The highest BCUT2D eigenvalue weighted by molar-refractivity contribution is 6.30. The summed E-state index contributed by atoms with van der Waals surface area (Å²) < 4.78 is 5.19. The number of benzene rings is 2. The van der Waals surface area contributed by atoms with E-state index in [-0.39, 0.29) is 18.3 Å². The van der Waals surface area contributed by atoms with Gasteiger partial charge >= 0.3 is 0 Å². The quantitative estimate of drug-likeness (QED) is 0.757. The van der Waals surface area contributed by atoms with Gasteiger partial charge in [-0.05, 0) is 36.4 Å². The number of rotatable bonds is 3. The van der Waals surface area contributed by atoms with E-state index in [1.807, 2.05) is 17.0 Å². The van der Waals surface area contributed by atoms with Crippen molar-refractivity contribution in [2.45, 2.75) is 0 Å². The molecule has 1 aliphatic heterocycles. The Morgan fingerprint density at radius 1 is 1.04 bits per heavy atom. The molecule has 0 radical (unpaired) electrons. The topological polar surface area (TPSA) is 34.0 Å². The molecule has 6 heteroatoms. The molecule has 0 bridgehead atoms. The molecule has 4 nitrogen and oxygen atoms in total. The Balaban J connectivity index is 0.00000208. The molecular weight excluding hydrogens is 347 g/mol. The Kier molecular flexibility index (Phi) is 6.49. The molecule has 0 atom stereocenters. The second-order valence-corrected chi connectivity index (χ2v) is 6.07. The zero-order chi connectivity index (χ0) is 16.2. The Morgan fingerprint density at radius 3 is 2.17 bits per heavy atom. The fourth-order valence-corrected chi connectivity index (χ4v) is 3.00. The number of nitrogens with one attached hydrogen (secondary N) is 1. The van der Waals surface area contributed by atoms with E-state index in [1.165, 1.54) is 10.6 Å². The van der Waals surface area contributed by atoms with Gasteiger partial charge in [0.15, 0.2) is 0 Å². The maximum absolute atomic E-state index is 12.5. The van der Waals surface area contributed by atoms with E-state index in [9.17, 15) is 4.79 Å². The minimum Gasteiger partial charge on any atom is -1.00 e. The Hall–Kier alpha value is -1.75. The van der Waals surface area contributed by atoms with E-state index in [1.54, 1.807) is 31.4 Å². The van der Waals surface area contributed by atoms with Crippen LogP contribution in [0.1, 0.15) is 10.4 Å². The molecule has 2 aromatic carbocycles. The molecule has 24 heavy (non-hydrogen) atoms. The standard InChI is InChI=1S/C18H19ClN2O2.ClH/c1-23-17-8-6-16(7-9-17)20-10-12-21(13-11-20)18(22)14-2-4-15(19)5-3-14;/h2-9H,10-13H2,1H3;1H. The number of ether oxygens (including phenoxy) is 1. The van der Waals surface area contributed by atoms with Crippen molar-refractivity contribution in [3.8, 4) is 5.75 Å². The third-order valence-electron chi connectivity index (χ3n) is 4.24. The van der Waals surface area contributed by atoms with Crippen LogP contribution < -0.4 is 22.0 Å². The maximum atomic E-state index is 12.5. The molecule has 0 saturated carbocycles. The largest absolute Gasteiger partial charge is 1.00 e. The van der Waals surface area contributed by atoms with Crippen molar-refractivity contribution in [2.75, 3.05) is 33.3 Å². The zero-order valence-corrected chi connectivity index (χ0v) is 15.0. The van der Waals surface area contributed by atoms with Crippen LogP contribution in [0.25, 0.3) is 0 Å². The second-order valence-electron chi connectivity index (χ2n) is 5.63. The average molecular weight is 367 g/mol. The summed E-state index contributed by atoms with van der Waals surface area (Å²) in [6.45, 7) is 3.32. The number of nitrogens with zero attached hydrogens (tertiary/aromatic N) is 1. The molecule has 1 saturated heterocycles. The summed E-state index contributed by atoms with van der Waals surface area (Å²) in [5.41, 5.74) is 1.94. The van der Waals surface area contributed by atoms with Gasteiger partial charge < -0.3 is 22.0 Å². The van der Waals surface area contributed by atoms with Crippen LogP contribution in [0.4, 0.5) is 5.69 Å². The van der Waals surface area contributed by atoms with Crippen molar-refractivity contribution < 1.29 is 26.8 Å². The molecule has 0 aliphatic carbocycles. The van der Waals surface area contributed by atoms with Crippen LogP contribution in [0, 0.1) is 0 Å². The minimum absolute atomic E-state index is 0. The zero-order valence-electron chi connectivity index (χ0n) is 13.5. The molecule has 1 fully saturated rings. The third-order valence-corrected chi connectivity index (χ3v) is 4.50. The van der Waals surface area contributed by atoms with Gasteiger partial charge in [0.1, 0.15) is 11.4 Å². The number of carbonyl (C=O) groups excluding carboxylic acids is 1. The number of hydrogen-bond acceptors (Lipinski definition) is 2. The lowest BCUT2D eigenvalue weighted by Gasteiger charge is -2.32. The van der Waals surface area contributed by atoms with Crippen molar-refractivity contribution in [2.24, 2.45) is 0 Å². The highest BCUT2D eigenvalue weighted by Gasteiger charge is 2.25. The number of carbonyl (C=O) groups is 1. The molecule has 128 valence electrons. The van der Waals surface area contributed by atoms with Crippen LogP contribution in [0.2, 0.25) is 5.02 Å². The highest BCUT2D eigenvalue weighted by Crippen LogP contribution is 2.14. The molecule has 1 N–H and O–H groups in total.